The topological polar surface area (TPSA) is 53.1 Å². The number of hydrogen-bond donors (Lipinski definition) is 1. The fourth-order valence-corrected chi connectivity index (χ4v) is 1.98. The van der Waals surface area contributed by atoms with E-state index in [1.807, 2.05) is 31.3 Å². The zero-order valence-electron chi connectivity index (χ0n) is 12.0. The van der Waals surface area contributed by atoms with Crippen LogP contribution in [0.1, 0.15) is 32.0 Å². The molecule has 0 unspecified atom stereocenters. The molecular formula is C15H21N3O. The lowest BCUT2D eigenvalue weighted by atomic mass is 9.86. The van der Waals surface area contributed by atoms with Gasteiger partial charge < -0.3 is 10.5 Å². The average Bonchev–Trinajstić information content (AvgIpc) is 2.65. The van der Waals surface area contributed by atoms with E-state index in [9.17, 15) is 0 Å². The third kappa shape index (κ3) is 3.08. The van der Waals surface area contributed by atoms with Crippen LogP contribution in [0.25, 0.3) is 0 Å². The van der Waals surface area contributed by atoms with Gasteiger partial charge in [0.05, 0.1) is 0 Å². The van der Waals surface area contributed by atoms with Crippen LogP contribution in [-0.4, -0.2) is 9.78 Å². The Morgan fingerprint density at radius 3 is 2.53 bits per heavy atom. The first-order chi connectivity index (χ1) is 8.88. The quantitative estimate of drug-likeness (QED) is 0.922. The van der Waals surface area contributed by atoms with Crippen LogP contribution in [0.3, 0.4) is 0 Å². The Hall–Kier alpha value is -1.97. The van der Waals surface area contributed by atoms with Crippen molar-refractivity contribution in [3.63, 3.8) is 0 Å². The Morgan fingerprint density at radius 1 is 1.26 bits per heavy atom. The van der Waals surface area contributed by atoms with Crippen LogP contribution in [0, 0.1) is 0 Å². The molecule has 0 saturated heterocycles. The summed E-state index contributed by atoms with van der Waals surface area (Å²) >= 11 is 0. The minimum absolute atomic E-state index is 0.0553. The predicted molar refractivity (Wildman–Crippen MR) is 77.1 cm³/mol. The molecule has 0 bridgehead atoms. The average molecular weight is 259 g/mol. The van der Waals surface area contributed by atoms with Crippen molar-refractivity contribution in [3.05, 3.63) is 41.6 Å². The normalized spacial score (nSPS) is 11.6. The molecule has 0 fully saturated rings. The summed E-state index contributed by atoms with van der Waals surface area (Å²) in [7, 11) is 1.82. The summed E-state index contributed by atoms with van der Waals surface area (Å²) in [5.41, 5.74) is 7.84. The summed E-state index contributed by atoms with van der Waals surface area (Å²) < 4.78 is 7.53. The van der Waals surface area contributed by atoms with E-state index in [4.69, 9.17) is 10.5 Å². The van der Waals surface area contributed by atoms with Gasteiger partial charge in [-0.05, 0) is 17.0 Å². The third-order valence-corrected chi connectivity index (χ3v) is 3.04. The van der Waals surface area contributed by atoms with Gasteiger partial charge in [0, 0.05) is 13.1 Å². The van der Waals surface area contributed by atoms with Crippen molar-refractivity contribution in [2.75, 3.05) is 5.73 Å². The zero-order chi connectivity index (χ0) is 14.0. The summed E-state index contributed by atoms with van der Waals surface area (Å²) in [6, 6.07) is 9.94. The maximum atomic E-state index is 5.89. The molecule has 0 aliphatic rings. The molecule has 0 aliphatic carbocycles. The Labute approximate surface area is 114 Å². The van der Waals surface area contributed by atoms with Crippen molar-refractivity contribution >= 4 is 5.82 Å². The highest BCUT2D eigenvalue weighted by Gasteiger charge is 2.18. The van der Waals surface area contributed by atoms with E-state index in [1.54, 1.807) is 4.68 Å². The van der Waals surface area contributed by atoms with Crippen molar-refractivity contribution in [1.82, 2.24) is 9.78 Å². The number of aryl methyl sites for hydroxylation is 1. The van der Waals surface area contributed by atoms with Crippen LogP contribution < -0.4 is 10.5 Å². The lowest BCUT2D eigenvalue weighted by Gasteiger charge is -2.22. The first-order valence-electron chi connectivity index (χ1n) is 6.38. The molecule has 0 aliphatic heterocycles. The Morgan fingerprint density at radius 2 is 1.95 bits per heavy atom. The van der Waals surface area contributed by atoms with E-state index in [0.29, 0.717) is 12.4 Å². The minimum Gasteiger partial charge on any atom is -0.487 e. The highest BCUT2D eigenvalue weighted by Crippen LogP contribution is 2.31. The lowest BCUT2D eigenvalue weighted by molar-refractivity contribution is 0.292. The van der Waals surface area contributed by atoms with E-state index in [0.717, 1.165) is 11.4 Å². The molecule has 1 aromatic carbocycles. The third-order valence-electron chi connectivity index (χ3n) is 3.04. The highest BCUT2D eigenvalue weighted by molar-refractivity contribution is 5.38. The molecular weight excluding hydrogens is 238 g/mol. The van der Waals surface area contributed by atoms with Crippen molar-refractivity contribution in [1.29, 1.82) is 0 Å². The summed E-state index contributed by atoms with van der Waals surface area (Å²) in [5, 5.41) is 4.28. The molecule has 1 aromatic heterocycles. The van der Waals surface area contributed by atoms with Crippen molar-refractivity contribution in [2.45, 2.75) is 32.8 Å². The number of ether oxygens (including phenoxy) is 1. The van der Waals surface area contributed by atoms with Gasteiger partial charge in [-0.1, -0.05) is 39.0 Å². The number of nitrogens with two attached hydrogens (primary N) is 1. The summed E-state index contributed by atoms with van der Waals surface area (Å²) in [6.07, 6.45) is 0. The number of nitrogen functional groups attached to an aromatic ring is 1. The molecule has 2 N–H and O–H groups in total. The van der Waals surface area contributed by atoms with Crippen molar-refractivity contribution in [3.8, 4) is 5.75 Å². The molecule has 0 radical (unpaired) electrons. The van der Waals surface area contributed by atoms with Gasteiger partial charge in [-0.3, -0.25) is 4.68 Å². The van der Waals surface area contributed by atoms with Gasteiger partial charge in [-0.15, -0.1) is 0 Å². The molecule has 0 saturated carbocycles. The summed E-state index contributed by atoms with van der Waals surface area (Å²) in [6.45, 7) is 6.95. The van der Waals surface area contributed by atoms with Gasteiger partial charge in [0.15, 0.2) is 0 Å². The second-order valence-corrected chi connectivity index (χ2v) is 5.72. The van der Waals surface area contributed by atoms with Gasteiger partial charge in [-0.2, -0.15) is 5.10 Å². The fraction of sp³-hybridized carbons (Fsp3) is 0.400. The molecule has 0 spiro atoms. The highest BCUT2D eigenvalue weighted by atomic mass is 16.5. The predicted octanol–water partition coefficient (Wildman–Crippen LogP) is 2.88. The SMILES string of the molecule is Cn1nc(COc2ccccc2C(C)(C)C)cc1N. The maximum absolute atomic E-state index is 5.89. The second kappa shape index (κ2) is 4.96. The van der Waals surface area contributed by atoms with Crippen LogP contribution in [0.4, 0.5) is 5.82 Å². The smallest absolute Gasteiger partial charge is 0.132 e. The number of aromatic nitrogens is 2. The number of nitrogens with zero attached hydrogens (tertiary/aromatic N) is 2. The van der Waals surface area contributed by atoms with Crippen LogP contribution in [0.15, 0.2) is 30.3 Å². The maximum Gasteiger partial charge on any atom is 0.132 e. The number of anilines is 1. The lowest BCUT2D eigenvalue weighted by Crippen LogP contribution is -2.13. The number of rotatable bonds is 3. The van der Waals surface area contributed by atoms with E-state index < -0.39 is 0 Å². The fourth-order valence-electron chi connectivity index (χ4n) is 1.98. The van der Waals surface area contributed by atoms with E-state index >= 15 is 0 Å². The van der Waals surface area contributed by atoms with Gasteiger partial charge >= 0.3 is 0 Å². The Kier molecular flexibility index (Phi) is 3.51. The van der Waals surface area contributed by atoms with Crippen molar-refractivity contribution < 1.29 is 4.74 Å². The van der Waals surface area contributed by atoms with Crippen LogP contribution in [-0.2, 0) is 19.1 Å². The number of hydrogen-bond acceptors (Lipinski definition) is 3. The van der Waals surface area contributed by atoms with Crippen molar-refractivity contribution in [2.24, 2.45) is 7.05 Å². The molecule has 4 heteroatoms. The van der Waals surface area contributed by atoms with Crippen LogP contribution in [0.2, 0.25) is 0 Å². The number of benzene rings is 1. The van der Waals surface area contributed by atoms with Crippen LogP contribution in [0.5, 0.6) is 5.75 Å². The molecule has 0 amide bonds. The number of para-hydroxylation sites is 1. The Bertz CT molecular complexity index is 548. The molecule has 2 aromatic rings. The van der Waals surface area contributed by atoms with Gasteiger partial charge in [0.1, 0.15) is 23.9 Å². The van der Waals surface area contributed by atoms with Gasteiger partial charge in [-0.25, -0.2) is 0 Å². The van der Waals surface area contributed by atoms with E-state index in [1.165, 1.54) is 5.56 Å². The molecule has 1 heterocycles. The molecule has 2 rings (SSSR count). The molecule has 4 nitrogen and oxygen atoms in total. The first kappa shape index (κ1) is 13.5. The van der Waals surface area contributed by atoms with Gasteiger partial charge in [0.25, 0.3) is 0 Å². The van der Waals surface area contributed by atoms with Gasteiger partial charge in [0.2, 0.25) is 0 Å². The monoisotopic (exact) mass is 259 g/mol. The molecule has 0 atom stereocenters. The summed E-state index contributed by atoms with van der Waals surface area (Å²) in [5.74, 6) is 1.54. The first-order valence-corrected chi connectivity index (χ1v) is 6.38. The molecule has 102 valence electrons. The second-order valence-electron chi connectivity index (χ2n) is 5.72. The Balaban J connectivity index is 2.16. The summed E-state index contributed by atoms with van der Waals surface area (Å²) in [4.78, 5) is 0. The minimum atomic E-state index is 0.0553. The van der Waals surface area contributed by atoms with Crippen LogP contribution >= 0.6 is 0 Å². The van der Waals surface area contributed by atoms with E-state index in [-0.39, 0.29) is 5.41 Å². The largest absolute Gasteiger partial charge is 0.487 e. The zero-order valence-corrected chi connectivity index (χ0v) is 12.0. The molecule has 19 heavy (non-hydrogen) atoms. The standard InChI is InChI=1S/C15H21N3O/c1-15(2,3)12-7-5-6-8-13(12)19-10-11-9-14(16)18(4)17-11/h5-9H,10,16H2,1-4H3. The van der Waals surface area contributed by atoms with E-state index in [2.05, 4.69) is 31.9 Å².